The third kappa shape index (κ3) is 4.38. The van der Waals surface area contributed by atoms with Gasteiger partial charge in [0, 0.05) is 5.56 Å². The van der Waals surface area contributed by atoms with E-state index in [1.807, 2.05) is 83.4 Å². The number of aromatic nitrogens is 5. The van der Waals surface area contributed by atoms with E-state index in [1.165, 1.54) is 11.8 Å². The fraction of sp³-hybridized carbons (Fsp3) is 0.120. The molecule has 0 amide bonds. The molecule has 170 valence electrons. The van der Waals surface area contributed by atoms with E-state index in [2.05, 4.69) is 20.3 Å². The van der Waals surface area contributed by atoms with Crippen molar-refractivity contribution in [3.05, 3.63) is 84.8 Å². The summed E-state index contributed by atoms with van der Waals surface area (Å²) in [7, 11) is 3.28. The van der Waals surface area contributed by atoms with Crippen LogP contribution in [0.4, 0.5) is 0 Å². The highest BCUT2D eigenvalue weighted by atomic mass is 32.2. The Balaban J connectivity index is 1.48. The van der Waals surface area contributed by atoms with Crippen LogP contribution in [0.3, 0.4) is 0 Å². The Labute approximate surface area is 200 Å². The molecule has 0 N–H and O–H groups in total. The van der Waals surface area contributed by atoms with E-state index in [1.54, 1.807) is 14.2 Å². The van der Waals surface area contributed by atoms with Crippen LogP contribution in [-0.2, 0) is 5.75 Å². The summed E-state index contributed by atoms with van der Waals surface area (Å²) in [6, 6.07) is 25.2. The maximum atomic E-state index is 5.57. The minimum atomic E-state index is 0.444. The van der Waals surface area contributed by atoms with Gasteiger partial charge in [-0.05, 0) is 36.4 Å². The molecule has 5 rings (SSSR count). The Morgan fingerprint density at radius 3 is 2.38 bits per heavy atom. The molecule has 0 unspecified atom stereocenters. The molecule has 8 nitrogen and oxygen atoms in total. The normalized spacial score (nSPS) is 10.9. The number of benzene rings is 3. The summed E-state index contributed by atoms with van der Waals surface area (Å²) in [6.07, 6.45) is 0. The van der Waals surface area contributed by atoms with Crippen LogP contribution in [-0.4, -0.2) is 39.1 Å². The molecule has 0 radical (unpaired) electrons. The summed E-state index contributed by atoms with van der Waals surface area (Å²) >= 11 is 1.46. The van der Waals surface area contributed by atoms with Gasteiger partial charge in [0.15, 0.2) is 11.0 Å². The highest BCUT2D eigenvalue weighted by Crippen LogP contribution is 2.34. The summed E-state index contributed by atoms with van der Waals surface area (Å²) in [5.74, 6) is 3.66. The van der Waals surface area contributed by atoms with Gasteiger partial charge in [0.1, 0.15) is 11.5 Å². The van der Waals surface area contributed by atoms with Crippen molar-refractivity contribution in [1.29, 1.82) is 0 Å². The summed E-state index contributed by atoms with van der Waals surface area (Å²) in [4.78, 5) is 4.52. The van der Waals surface area contributed by atoms with E-state index >= 15 is 0 Å². The molecule has 5 aromatic rings. The van der Waals surface area contributed by atoms with Gasteiger partial charge in [-0.3, -0.25) is 4.57 Å². The topological polar surface area (TPSA) is 88.1 Å². The van der Waals surface area contributed by atoms with E-state index in [9.17, 15) is 0 Å². The first kappa shape index (κ1) is 21.7. The third-order valence-electron chi connectivity index (χ3n) is 5.14. The maximum absolute atomic E-state index is 5.57. The number of hydrogen-bond donors (Lipinski definition) is 0. The minimum absolute atomic E-state index is 0.444. The lowest BCUT2D eigenvalue weighted by atomic mass is 10.2. The van der Waals surface area contributed by atoms with Gasteiger partial charge >= 0.3 is 0 Å². The van der Waals surface area contributed by atoms with Crippen molar-refractivity contribution in [3.63, 3.8) is 0 Å². The standard InChI is InChI=1S/C25H21N5O3S/c1-31-19-14-12-18(13-15-19)30-24(20-10-6-7-11-21(20)32-2)27-28-25(30)34-16-22-26-23(29-33-22)17-8-4-3-5-9-17/h3-15H,16H2,1-2H3. The fourth-order valence-electron chi connectivity index (χ4n) is 3.48. The average Bonchev–Trinajstić information content (AvgIpc) is 3.55. The van der Waals surface area contributed by atoms with Crippen LogP contribution in [0.2, 0.25) is 0 Å². The number of ether oxygens (including phenoxy) is 2. The van der Waals surface area contributed by atoms with Crippen molar-refractivity contribution in [3.8, 4) is 40.0 Å². The highest BCUT2D eigenvalue weighted by molar-refractivity contribution is 7.98. The van der Waals surface area contributed by atoms with Gasteiger partial charge in [0.25, 0.3) is 0 Å². The number of methoxy groups -OCH3 is 2. The Morgan fingerprint density at radius 2 is 1.62 bits per heavy atom. The second-order valence-electron chi connectivity index (χ2n) is 7.21. The van der Waals surface area contributed by atoms with Crippen LogP contribution >= 0.6 is 11.8 Å². The molecule has 2 aromatic heterocycles. The molecular weight excluding hydrogens is 450 g/mol. The zero-order valence-corrected chi connectivity index (χ0v) is 19.4. The predicted molar refractivity (Wildman–Crippen MR) is 129 cm³/mol. The molecule has 3 aromatic carbocycles. The van der Waals surface area contributed by atoms with E-state index < -0.39 is 0 Å². The lowest BCUT2D eigenvalue weighted by Gasteiger charge is -2.12. The van der Waals surface area contributed by atoms with Crippen molar-refractivity contribution < 1.29 is 14.0 Å². The summed E-state index contributed by atoms with van der Waals surface area (Å²) in [5.41, 5.74) is 2.64. The second kappa shape index (κ2) is 9.80. The van der Waals surface area contributed by atoms with Crippen molar-refractivity contribution in [1.82, 2.24) is 24.9 Å². The number of thioether (sulfide) groups is 1. The monoisotopic (exact) mass is 471 g/mol. The molecule has 0 atom stereocenters. The zero-order valence-electron chi connectivity index (χ0n) is 18.6. The van der Waals surface area contributed by atoms with Crippen LogP contribution in [0.1, 0.15) is 5.89 Å². The third-order valence-corrected chi connectivity index (χ3v) is 6.05. The molecule has 2 heterocycles. The summed E-state index contributed by atoms with van der Waals surface area (Å²) < 4.78 is 18.3. The Kier molecular flexibility index (Phi) is 6.26. The lowest BCUT2D eigenvalue weighted by molar-refractivity contribution is 0.391. The predicted octanol–water partition coefficient (Wildman–Crippen LogP) is 5.29. The van der Waals surface area contributed by atoms with Crippen LogP contribution in [0, 0.1) is 0 Å². The SMILES string of the molecule is COc1ccc(-n2c(SCc3nc(-c4ccccc4)no3)nnc2-c2ccccc2OC)cc1. The van der Waals surface area contributed by atoms with Gasteiger partial charge in [0.2, 0.25) is 11.7 Å². The summed E-state index contributed by atoms with van der Waals surface area (Å²) in [6.45, 7) is 0. The lowest BCUT2D eigenvalue weighted by Crippen LogP contribution is -2.01. The molecule has 0 aliphatic rings. The zero-order chi connectivity index (χ0) is 23.3. The molecule has 0 fully saturated rings. The quantitative estimate of drug-likeness (QED) is 0.282. The van der Waals surface area contributed by atoms with Gasteiger partial charge in [-0.2, -0.15) is 4.98 Å². The molecule has 0 aliphatic carbocycles. The Bertz CT molecular complexity index is 1380. The Morgan fingerprint density at radius 1 is 0.853 bits per heavy atom. The molecule has 0 bridgehead atoms. The Hall–Kier alpha value is -4.11. The number of hydrogen-bond acceptors (Lipinski definition) is 8. The first-order valence-electron chi connectivity index (χ1n) is 10.5. The molecule has 0 spiro atoms. The largest absolute Gasteiger partial charge is 0.497 e. The van der Waals surface area contributed by atoms with E-state index in [4.69, 9.17) is 14.0 Å². The van der Waals surface area contributed by atoms with E-state index in [0.29, 0.717) is 34.2 Å². The number of para-hydroxylation sites is 1. The van der Waals surface area contributed by atoms with Gasteiger partial charge in [-0.15, -0.1) is 10.2 Å². The highest BCUT2D eigenvalue weighted by Gasteiger charge is 2.20. The smallest absolute Gasteiger partial charge is 0.237 e. The molecule has 0 saturated heterocycles. The second-order valence-corrected chi connectivity index (χ2v) is 8.15. The van der Waals surface area contributed by atoms with Crippen LogP contribution in [0.15, 0.2) is 88.5 Å². The first-order chi connectivity index (χ1) is 16.8. The number of nitrogens with zero attached hydrogens (tertiary/aromatic N) is 5. The molecule has 0 saturated carbocycles. The summed E-state index contributed by atoms with van der Waals surface area (Å²) in [5, 5.41) is 13.7. The first-order valence-corrected chi connectivity index (χ1v) is 11.5. The van der Waals surface area contributed by atoms with Crippen molar-refractivity contribution in [2.24, 2.45) is 0 Å². The van der Waals surface area contributed by atoms with Crippen molar-refractivity contribution in [2.45, 2.75) is 10.9 Å². The maximum Gasteiger partial charge on any atom is 0.237 e. The van der Waals surface area contributed by atoms with Crippen LogP contribution in [0.5, 0.6) is 11.5 Å². The van der Waals surface area contributed by atoms with Crippen molar-refractivity contribution in [2.75, 3.05) is 14.2 Å². The molecule has 34 heavy (non-hydrogen) atoms. The molecule has 0 aliphatic heterocycles. The van der Waals surface area contributed by atoms with Crippen LogP contribution < -0.4 is 9.47 Å². The van der Waals surface area contributed by atoms with E-state index in [-0.39, 0.29) is 0 Å². The van der Waals surface area contributed by atoms with Crippen LogP contribution in [0.25, 0.3) is 28.5 Å². The van der Waals surface area contributed by atoms with Gasteiger partial charge in [-0.25, -0.2) is 0 Å². The van der Waals surface area contributed by atoms with Gasteiger partial charge in [-0.1, -0.05) is 59.4 Å². The van der Waals surface area contributed by atoms with Gasteiger partial charge < -0.3 is 14.0 Å². The molecule has 9 heteroatoms. The number of rotatable bonds is 8. The van der Waals surface area contributed by atoms with Crippen molar-refractivity contribution >= 4 is 11.8 Å². The van der Waals surface area contributed by atoms with Gasteiger partial charge in [0.05, 0.1) is 31.2 Å². The molecular formula is C25H21N5O3S. The minimum Gasteiger partial charge on any atom is -0.497 e. The fourth-order valence-corrected chi connectivity index (χ4v) is 4.26. The average molecular weight is 472 g/mol. The van der Waals surface area contributed by atoms with E-state index in [0.717, 1.165) is 22.6 Å².